The van der Waals surface area contributed by atoms with Crippen LogP contribution < -0.4 is 10.4 Å². The van der Waals surface area contributed by atoms with Gasteiger partial charge in [-0.05, 0) is 31.0 Å². The molecule has 0 amide bonds. The number of fused-ring (bicyclic) bond motifs is 1. The second kappa shape index (κ2) is 5.44. The van der Waals surface area contributed by atoms with Gasteiger partial charge < -0.3 is 13.7 Å². The molecule has 0 aliphatic carbocycles. The van der Waals surface area contributed by atoms with Gasteiger partial charge in [0.1, 0.15) is 29.4 Å². The molecule has 0 N–H and O–H groups in total. The van der Waals surface area contributed by atoms with Crippen LogP contribution >= 0.6 is 0 Å². The van der Waals surface area contributed by atoms with E-state index >= 15 is 0 Å². The van der Waals surface area contributed by atoms with Gasteiger partial charge in [-0.2, -0.15) is 0 Å². The van der Waals surface area contributed by atoms with Crippen LogP contribution in [0.25, 0.3) is 11.0 Å². The van der Waals surface area contributed by atoms with E-state index in [-0.39, 0.29) is 5.63 Å². The topological polar surface area (TPSA) is 65.5 Å². The Bertz CT molecular complexity index is 832. The molecule has 1 aromatic carbocycles. The van der Waals surface area contributed by atoms with Crippen molar-refractivity contribution in [3.63, 3.8) is 0 Å². The predicted molar refractivity (Wildman–Crippen MR) is 77.4 cm³/mol. The third-order valence-electron chi connectivity index (χ3n) is 3.25. The smallest absolute Gasteiger partial charge is 0.336 e. The minimum atomic E-state index is -0.344. The van der Waals surface area contributed by atoms with Gasteiger partial charge in [0, 0.05) is 23.6 Å². The fourth-order valence-electron chi connectivity index (χ4n) is 2.24. The molecule has 0 spiro atoms. The van der Waals surface area contributed by atoms with Crippen LogP contribution in [0, 0.1) is 6.92 Å². The van der Waals surface area contributed by atoms with Crippen LogP contribution in [-0.2, 0) is 13.0 Å². The minimum absolute atomic E-state index is 0.306. The van der Waals surface area contributed by atoms with E-state index in [1.54, 1.807) is 6.07 Å². The van der Waals surface area contributed by atoms with Crippen LogP contribution in [0.2, 0.25) is 0 Å². The Labute approximate surface area is 121 Å². The average molecular weight is 285 g/mol. The Morgan fingerprint density at radius 2 is 2.10 bits per heavy atom. The third-order valence-corrected chi connectivity index (χ3v) is 3.25. The van der Waals surface area contributed by atoms with Crippen LogP contribution in [-0.4, -0.2) is 5.16 Å². The van der Waals surface area contributed by atoms with E-state index in [4.69, 9.17) is 13.7 Å². The Kier molecular flexibility index (Phi) is 3.48. The maximum Gasteiger partial charge on any atom is 0.336 e. The molecule has 0 unspecified atom stereocenters. The highest BCUT2D eigenvalue weighted by Gasteiger charge is 2.07. The van der Waals surface area contributed by atoms with E-state index in [2.05, 4.69) is 5.16 Å². The lowest BCUT2D eigenvalue weighted by molar-refractivity contribution is 0.288. The number of nitrogens with zero attached hydrogens (tertiary/aromatic N) is 1. The highest BCUT2D eigenvalue weighted by molar-refractivity contribution is 5.81. The first-order valence-corrected chi connectivity index (χ1v) is 6.77. The lowest BCUT2D eigenvalue weighted by Crippen LogP contribution is -2.00. The van der Waals surface area contributed by atoms with E-state index in [1.807, 2.05) is 32.0 Å². The Hall–Kier alpha value is -2.56. The monoisotopic (exact) mass is 285 g/mol. The number of aromatic nitrogens is 1. The first-order chi connectivity index (χ1) is 10.2. The maximum absolute atomic E-state index is 11.5. The molecule has 5 heteroatoms. The molecule has 2 heterocycles. The van der Waals surface area contributed by atoms with Gasteiger partial charge in [-0.3, -0.25) is 0 Å². The summed E-state index contributed by atoms with van der Waals surface area (Å²) >= 11 is 0. The molecule has 0 atom stereocenters. The van der Waals surface area contributed by atoms with Crippen molar-refractivity contribution in [2.75, 3.05) is 0 Å². The molecule has 0 aliphatic rings. The summed E-state index contributed by atoms with van der Waals surface area (Å²) < 4.78 is 15.9. The van der Waals surface area contributed by atoms with E-state index in [1.165, 1.54) is 6.07 Å². The number of hydrogen-bond acceptors (Lipinski definition) is 5. The molecule has 3 rings (SSSR count). The second-order valence-electron chi connectivity index (χ2n) is 4.82. The van der Waals surface area contributed by atoms with Gasteiger partial charge in [0.2, 0.25) is 0 Å². The first kappa shape index (κ1) is 13.4. The normalized spacial score (nSPS) is 11.0. The standard InChI is InChI=1S/C16H15NO4/c1-3-11-7-16(18)20-15-8-13(4-5-14(11)15)19-9-12-6-10(2)21-17-12/h4-8H,3,9H2,1-2H3. The van der Waals surface area contributed by atoms with Gasteiger partial charge in [0.25, 0.3) is 0 Å². The molecular formula is C16H15NO4. The molecule has 0 radical (unpaired) electrons. The van der Waals surface area contributed by atoms with Crippen LogP contribution in [0.5, 0.6) is 5.75 Å². The van der Waals surface area contributed by atoms with Crippen molar-refractivity contribution in [3.05, 3.63) is 57.8 Å². The van der Waals surface area contributed by atoms with Crippen LogP contribution in [0.1, 0.15) is 23.9 Å². The summed E-state index contributed by atoms with van der Waals surface area (Å²) in [6.07, 6.45) is 0.778. The van der Waals surface area contributed by atoms with Crippen molar-refractivity contribution in [2.24, 2.45) is 0 Å². The fourth-order valence-corrected chi connectivity index (χ4v) is 2.24. The summed E-state index contributed by atoms with van der Waals surface area (Å²) in [5, 5.41) is 4.79. The van der Waals surface area contributed by atoms with Crippen molar-refractivity contribution in [1.29, 1.82) is 0 Å². The van der Waals surface area contributed by atoms with Gasteiger partial charge in [-0.1, -0.05) is 12.1 Å². The molecule has 21 heavy (non-hydrogen) atoms. The van der Waals surface area contributed by atoms with Gasteiger partial charge in [0.05, 0.1) is 0 Å². The summed E-state index contributed by atoms with van der Waals surface area (Å²) in [6, 6.07) is 8.83. The zero-order valence-electron chi connectivity index (χ0n) is 11.9. The summed E-state index contributed by atoms with van der Waals surface area (Å²) in [5.74, 6) is 1.37. The molecule has 108 valence electrons. The lowest BCUT2D eigenvalue weighted by atomic mass is 10.1. The molecule has 3 aromatic rings. The van der Waals surface area contributed by atoms with Crippen LogP contribution in [0.3, 0.4) is 0 Å². The molecule has 0 saturated heterocycles. The largest absolute Gasteiger partial charge is 0.487 e. The van der Waals surface area contributed by atoms with Crippen molar-refractivity contribution < 1.29 is 13.7 Å². The number of hydrogen-bond donors (Lipinski definition) is 0. The van der Waals surface area contributed by atoms with Crippen LogP contribution in [0.15, 0.2) is 44.1 Å². The highest BCUT2D eigenvalue weighted by Crippen LogP contribution is 2.23. The van der Waals surface area contributed by atoms with Gasteiger partial charge >= 0.3 is 5.63 Å². The molecule has 0 fully saturated rings. The minimum Gasteiger partial charge on any atom is -0.487 e. The average Bonchev–Trinajstić information content (AvgIpc) is 2.89. The zero-order chi connectivity index (χ0) is 14.8. The SMILES string of the molecule is CCc1cc(=O)oc2cc(OCc3cc(C)on3)ccc12. The van der Waals surface area contributed by atoms with E-state index in [9.17, 15) is 4.79 Å². The Morgan fingerprint density at radius 3 is 2.81 bits per heavy atom. The predicted octanol–water partition coefficient (Wildman–Crippen LogP) is 3.23. The Morgan fingerprint density at radius 1 is 1.24 bits per heavy atom. The Balaban J connectivity index is 1.88. The van der Waals surface area contributed by atoms with Gasteiger partial charge in [-0.25, -0.2) is 4.79 Å². The number of aryl methyl sites for hydroxylation is 2. The van der Waals surface area contributed by atoms with Crippen molar-refractivity contribution in [3.8, 4) is 5.75 Å². The number of benzene rings is 1. The summed E-state index contributed by atoms with van der Waals surface area (Å²) in [5.41, 5.74) is 1.88. The van der Waals surface area contributed by atoms with E-state index in [0.29, 0.717) is 17.9 Å². The van der Waals surface area contributed by atoms with Gasteiger partial charge in [0.15, 0.2) is 0 Å². The van der Waals surface area contributed by atoms with Crippen molar-refractivity contribution in [1.82, 2.24) is 5.16 Å². The van der Waals surface area contributed by atoms with E-state index in [0.717, 1.165) is 28.8 Å². The molecule has 0 saturated carbocycles. The third kappa shape index (κ3) is 2.81. The first-order valence-electron chi connectivity index (χ1n) is 6.77. The maximum atomic E-state index is 11.5. The van der Waals surface area contributed by atoms with Gasteiger partial charge in [-0.15, -0.1) is 0 Å². The lowest BCUT2D eigenvalue weighted by Gasteiger charge is -2.06. The molecule has 0 aliphatic heterocycles. The summed E-state index contributed by atoms with van der Waals surface area (Å²) in [4.78, 5) is 11.5. The zero-order valence-corrected chi connectivity index (χ0v) is 11.9. The fraction of sp³-hybridized carbons (Fsp3) is 0.250. The second-order valence-corrected chi connectivity index (χ2v) is 4.82. The molecule has 0 bridgehead atoms. The molecule has 2 aromatic heterocycles. The summed E-state index contributed by atoms with van der Waals surface area (Å²) in [6.45, 7) is 4.14. The summed E-state index contributed by atoms with van der Waals surface area (Å²) in [7, 11) is 0. The quantitative estimate of drug-likeness (QED) is 0.688. The highest BCUT2D eigenvalue weighted by atomic mass is 16.5. The van der Waals surface area contributed by atoms with E-state index < -0.39 is 0 Å². The van der Waals surface area contributed by atoms with Crippen molar-refractivity contribution >= 4 is 11.0 Å². The van der Waals surface area contributed by atoms with Crippen LogP contribution in [0.4, 0.5) is 0 Å². The molecule has 5 nitrogen and oxygen atoms in total. The van der Waals surface area contributed by atoms with Crippen molar-refractivity contribution in [2.45, 2.75) is 26.9 Å². The number of rotatable bonds is 4. The molecular weight excluding hydrogens is 270 g/mol. The number of ether oxygens (including phenoxy) is 1.